The molecule has 0 fully saturated rings. The molecule has 45 heavy (non-hydrogen) atoms. The van der Waals surface area contributed by atoms with Gasteiger partial charge in [-0.05, 0) is 114 Å². The Kier molecular flexibility index (Phi) is 8.79. The summed E-state index contributed by atoms with van der Waals surface area (Å²) in [6.45, 7) is 4.83. The SMILES string of the molecule is COc1cc(/C=N/NC(=O)c2ccc(COc3ccc(-n4c(C)ccc4C)cc3)o2)cc(Br)c1OCc1ccc2c(c1)OCO2. The first-order chi connectivity index (χ1) is 21.9. The molecule has 6 rings (SSSR count). The van der Waals surface area contributed by atoms with Crippen molar-refractivity contribution < 1.29 is 32.9 Å². The number of rotatable bonds is 11. The molecule has 0 unspecified atom stereocenters. The molecule has 0 spiro atoms. The molecule has 0 saturated carbocycles. The van der Waals surface area contributed by atoms with E-state index in [4.69, 9.17) is 28.1 Å². The van der Waals surface area contributed by atoms with Crippen LogP contribution in [0.15, 0.2) is 92.9 Å². The normalized spacial score (nSPS) is 12.0. The highest BCUT2D eigenvalue weighted by molar-refractivity contribution is 9.10. The van der Waals surface area contributed by atoms with E-state index in [0.717, 1.165) is 22.6 Å². The van der Waals surface area contributed by atoms with Crippen molar-refractivity contribution in [2.45, 2.75) is 27.1 Å². The molecule has 0 atom stereocenters. The van der Waals surface area contributed by atoms with E-state index >= 15 is 0 Å². The number of benzene rings is 3. The van der Waals surface area contributed by atoms with Crippen LogP contribution in [0.5, 0.6) is 28.7 Å². The van der Waals surface area contributed by atoms with Gasteiger partial charge in [-0.25, -0.2) is 5.43 Å². The number of hydrogen-bond acceptors (Lipinski definition) is 8. The number of ether oxygens (including phenoxy) is 5. The van der Waals surface area contributed by atoms with Gasteiger partial charge >= 0.3 is 5.91 Å². The van der Waals surface area contributed by atoms with Crippen molar-refractivity contribution in [2.24, 2.45) is 5.10 Å². The number of furan rings is 1. The summed E-state index contributed by atoms with van der Waals surface area (Å²) < 4.78 is 36.7. The third-order valence-corrected chi connectivity index (χ3v) is 7.67. The molecule has 10 nitrogen and oxygen atoms in total. The van der Waals surface area contributed by atoms with Crippen molar-refractivity contribution in [3.63, 3.8) is 0 Å². The van der Waals surface area contributed by atoms with Crippen molar-refractivity contribution in [1.82, 2.24) is 9.99 Å². The summed E-state index contributed by atoms with van der Waals surface area (Å²) in [4.78, 5) is 12.6. The number of carbonyl (C=O) groups is 1. The topological polar surface area (TPSA) is 106 Å². The first-order valence-electron chi connectivity index (χ1n) is 14.1. The lowest BCUT2D eigenvalue weighted by molar-refractivity contribution is 0.0923. The van der Waals surface area contributed by atoms with Crippen LogP contribution in [0.1, 0.15) is 38.8 Å². The van der Waals surface area contributed by atoms with Gasteiger partial charge in [0.15, 0.2) is 28.8 Å². The second-order valence-corrected chi connectivity index (χ2v) is 11.1. The lowest BCUT2D eigenvalue weighted by Crippen LogP contribution is -2.16. The molecule has 3 heterocycles. The molecule has 0 radical (unpaired) electrons. The number of aromatic nitrogens is 1. The Hall–Kier alpha value is -5.16. The summed E-state index contributed by atoms with van der Waals surface area (Å²) in [5.41, 5.74) is 7.47. The molecule has 2 aromatic heterocycles. The van der Waals surface area contributed by atoms with Gasteiger partial charge in [0.05, 0.1) is 17.8 Å². The maximum Gasteiger partial charge on any atom is 0.307 e. The number of nitrogens with one attached hydrogen (secondary N) is 1. The van der Waals surface area contributed by atoms with Gasteiger partial charge in [0.1, 0.15) is 24.7 Å². The van der Waals surface area contributed by atoms with Gasteiger partial charge in [-0.1, -0.05) is 6.07 Å². The standard InChI is InChI=1S/C34H30BrN3O7/c1-21-4-5-22(2)38(21)25-7-9-26(10-8-25)41-19-27-11-13-30(45-27)34(39)37-36-17-24-14-28(35)33(32(16-24)40-3)42-18-23-6-12-29-31(15-23)44-20-43-29/h4-17H,18-20H2,1-3H3,(H,37,39)/b36-17+. The van der Waals surface area contributed by atoms with Crippen LogP contribution in [-0.4, -0.2) is 30.6 Å². The fourth-order valence-electron chi connectivity index (χ4n) is 4.86. The van der Waals surface area contributed by atoms with Crippen LogP contribution in [-0.2, 0) is 13.2 Å². The number of hydrogen-bond donors (Lipinski definition) is 1. The maximum atomic E-state index is 12.6. The molecular formula is C34H30BrN3O7. The second-order valence-electron chi connectivity index (χ2n) is 10.2. The van der Waals surface area contributed by atoms with Gasteiger partial charge in [-0.2, -0.15) is 5.10 Å². The fourth-order valence-corrected chi connectivity index (χ4v) is 5.43. The van der Waals surface area contributed by atoms with E-state index in [1.165, 1.54) is 6.21 Å². The van der Waals surface area contributed by atoms with E-state index in [1.807, 2.05) is 48.5 Å². The Balaban J connectivity index is 1.02. The molecule has 1 amide bonds. The predicted molar refractivity (Wildman–Crippen MR) is 171 cm³/mol. The number of fused-ring (bicyclic) bond motifs is 1. The Bertz CT molecular complexity index is 1840. The second kappa shape index (κ2) is 13.2. The van der Waals surface area contributed by atoms with Gasteiger partial charge in [0, 0.05) is 17.1 Å². The molecule has 0 bridgehead atoms. The number of halogens is 1. The van der Waals surface area contributed by atoms with Crippen LogP contribution in [0.3, 0.4) is 0 Å². The van der Waals surface area contributed by atoms with Crippen molar-refractivity contribution in [1.29, 1.82) is 0 Å². The van der Waals surface area contributed by atoms with Gasteiger partial charge in [0.2, 0.25) is 6.79 Å². The summed E-state index contributed by atoms with van der Waals surface area (Å²) in [6, 6.07) is 24.5. The summed E-state index contributed by atoms with van der Waals surface area (Å²) in [5.74, 6) is 3.26. The molecule has 1 N–H and O–H groups in total. The highest BCUT2D eigenvalue weighted by Crippen LogP contribution is 2.38. The molecular weight excluding hydrogens is 642 g/mol. The molecule has 230 valence electrons. The van der Waals surface area contributed by atoms with Crippen molar-refractivity contribution in [3.05, 3.63) is 117 Å². The number of methoxy groups -OCH3 is 1. The zero-order valence-corrected chi connectivity index (χ0v) is 26.4. The van der Waals surface area contributed by atoms with Gasteiger partial charge < -0.3 is 32.7 Å². The molecule has 3 aromatic carbocycles. The van der Waals surface area contributed by atoms with Gasteiger partial charge in [-0.3, -0.25) is 4.79 Å². The Labute approximate surface area is 268 Å². The average molecular weight is 673 g/mol. The summed E-state index contributed by atoms with van der Waals surface area (Å²) in [6.07, 6.45) is 1.50. The molecule has 5 aromatic rings. The molecule has 0 aliphatic carbocycles. The number of nitrogens with zero attached hydrogens (tertiary/aromatic N) is 2. The zero-order chi connectivity index (χ0) is 31.3. The quantitative estimate of drug-likeness (QED) is 0.118. The minimum absolute atomic E-state index is 0.116. The van der Waals surface area contributed by atoms with Crippen LogP contribution >= 0.6 is 15.9 Å². The van der Waals surface area contributed by atoms with E-state index in [1.54, 1.807) is 25.3 Å². The lowest BCUT2D eigenvalue weighted by atomic mass is 10.2. The third kappa shape index (κ3) is 6.83. The van der Waals surface area contributed by atoms with E-state index < -0.39 is 5.91 Å². The molecule has 1 aliphatic rings. The van der Waals surface area contributed by atoms with E-state index in [-0.39, 0.29) is 19.2 Å². The van der Waals surface area contributed by atoms with Crippen molar-refractivity contribution in [3.8, 4) is 34.4 Å². The molecule has 0 saturated heterocycles. The van der Waals surface area contributed by atoms with Crippen LogP contribution in [0.4, 0.5) is 0 Å². The first kappa shape index (κ1) is 29.9. The van der Waals surface area contributed by atoms with Crippen LogP contribution in [0.25, 0.3) is 5.69 Å². The lowest BCUT2D eigenvalue weighted by Gasteiger charge is -2.13. The highest BCUT2D eigenvalue weighted by atomic mass is 79.9. The smallest absolute Gasteiger partial charge is 0.307 e. The van der Waals surface area contributed by atoms with Gasteiger partial charge in [0.25, 0.3) is 0 Å². The number of hydrazone groups is 1. The monoisotopic (exact) mass is 671 g/mol. The fraction of sp³-hybridized carbons (Fsp3) is 0.176. The minimum Gasteiger partial charge on any atom is -0.493 e. The number of aryl methyl sites for hydroxylation is 2. The van der Waals surface area contributed by atoms with E-state index in [9.17, 15) is 4.79 Å². The van der Waals surface area contributed by atoms with E-state index in [2.05, 4.69) is 57.0 Å². The Morgan fingerprint density at radius 3 is 2.49 bits per heavy atom. The third-order valence-electron chi connectivity index (χ3n) is 7.08. The largest absolute Gasteiger partial charge is 0.493 e. The van der Waals surface area contributed by atoms with Crippen LogP contribution in [0, 0.1) is 13.8 Å². The summed E-state index contributed by atoms with van der Waals surface area (Å²) in [7, 11) is 1.55. The number of carbonyl (C=O) groups excluding carboxylic acids is 1. The van der Waals surface area contributed by atoms with Crippen LogP contribution in [0.2, 0.25) is 0 Å². The predicted octanol–water partition coefficient (Wildman–Crippen LogP) is 7.11. The summed E-state index contributed by atoms with van der Waals surface area (Å²) >= 11 is 3.55. The Morgan fingerprint density at radius 2 is 1.71 bits per heavy atom. The summed E-state index contributed by atoms with van der Waals surface area (Å²) in [5, 5.41) is 4.07. The zero-order valence-electron chi connectivity index (χ0n) is 24.8. The number of amides is 1. The highest BCUT2D eigenvalue weighted by Gasteiger charge is 2.16. The van der Waals surface area contributed by atoms with E-state index in [0.29, 0.717) is 51.2 Å². The molecule has 1 aliphatic heterocycles. The average Bonchev–Trinajstić information content (AvgIpc) is 3.79. The minimum atomic E-state index is -0.492. The molecule has 11 heteroatoms. The Morgan fingerprint density at radius 1 is 0.933 bits per heavy atom. The maximum absolute atomic E-state index is 12.6. The first-order valence-corrected chi connectivity index (χ1v) is 14.9. The van der Waals surface area contributed by atoms with Crippen molar-refractivity contribution >= 4 is 28.1 Å². The van der Waals surface area contributed by atoms with Gasteiger partial charge in [-0.15, -0.1) is 0 Å². The van der Waals surface area contributed by atoms with Crippen LogP contribution < -0.4 is 29.1 Å². The van der Waals surface area contributed by atoms with Crippen molar-refractivity contribution in [2.75, 3.05) is 13.9 Å².